The summed E-state index contributed by atoms with van der Waals surface area (Å²) in [5, 5.41) is 5.89. The largest absolute Gasteiger partial charge is 0.319 e. The van der Waals surface area contributed by atoms with Crippen LogP contribution in [0, 0.1) is 5.82 Å². The quantitative estimate of drug-likeness (QED) is 0.913. The number of fused-ring (bicyclic) bond motifs is 1. The predicted molar refractivity (Wildman–Crippen MR) is 85.6 cm³/mol. The van der Waals surface area contributed by atoms with E-state index >= 15 is 0 Å². The lowest BCUT2D eigenvalue weighted by Gasteiger charge is -2.19. The van der Waals surface area contributed by atoms with Crippen LogP contribution >= 0.6 is 0 Å². The fourth-order valence-corrected chi connectivity index (χ4v) is 2.72. The number of carbonyl (C=O) groups is 1. The average molecular weight is 298 g/mol. The Morgan fingerprint density at radius 2 is 2.00 bits per heavy atom. The van der Waals surface area contributed by atoms with E-state index in [9.17, 15) is 9.18 Å². The molecule has 0 saturated heterocycles. The lowest BCUT2D eigenvalue weighted by Crippen LogP contribution is -2.25. The van der Waals surface area contributed by atoms with E-state index in [0.717, 1.165) is 18.5 Å². The topological polar surface area (TPSA) is 41.1 Å². The summed E-state index contributed by atoms with van der Waals surface area (Å²) in [4.78, 5) is 12.2. The van der Waals surface area contributed by atoms with Gasteiger partial charge in [0.1, 0.15) is 5.82 Å². The molecule has 1 amide bonds. The maximum absolute atomic E-state index is 14.5. The second kappa shape index (κ2) is 6.28. The zero-order chi connectivity index (χ0) is 15.5. The van der Waals surface area contributed by atoms with Crippen LogP contribution in [0.1, 0.15) is 34.0 Å². The van der Waals surface area contributed by atoms with Gasteiger partial charge in [-0.2, -0.15) is 0 Å². The third-order valence-electron chi connectivity index (χ3n) is 4.08. The minimum absolute atomic E-state index is 0.255. The summed E-state index contributed by atoms with van der Waals surface area (Å²) in [6, 6.07) is 10.9. The average Bonchev–Trinajstić information content (AvgIpc) is 2.57. The van der Waals surface area contributed by atoms with Gasteiger partial charge in [0.25, 0.3) is 5.91 Å². The van der Waals surface area contributed by atoms with Crippen molar-refractivity contribution in [3.8, 4) is 0 Å². The Bertz CT molecular complexity index is 695. The van der Waals surface area contributed by atoms with Gasteiger partial charge in [-0.3, -0.25) is 4.79 Å². The summed E-state index contributed by atoms with van der Waals surface area (Å²) in [5.74, 6) is -0.590. The molecule has 0 atom stereocenters. The van der Waals surface area contributed by atoms with Crippen molar-refractivity contribution in [2.24, 2.45) is 0 Å². The molecular formula is C18H19FN2O. The zero-order valence-electron chi connectivity index (χ0n) is 12.6. The SMILES string of the molecule is CCc1ccc(C(=O)Nc2ccc3c(c2F)CCNC3)cc1. The summed E-state index contributed by atoms with van der Waals surface area (Å²) in [7, 11) is 0. The van der Waals surface area contributed by atoms with Gasteiger partial charge in [0.2, 0.25) is 0 Å². The molecule has 0 unspecified atom stereocenters. The van der Waals surface area contributed by atoms with Gasteiger partial charge in [0, 0.05) is 12.1 Å². The molecular weight excluding hydrogens is 279 g/mol. The number of carbonyl (C=O) groups excluding carboxylic acids is 1. The van der Waals surface area contributed by atoms with Crippen molar-refractivity contribution in [3.63, 3.8) is 0 Å². The standard InChI is InChI=1S/C18H19FN2O/c1-2-12-3-5-13(6-4-12)18(22)21-16-8-7-14-11-20-10-9-15(14)17(16)19/h3-8,20H,2,9-11H2,1H3,(H,21,22). The maximum Gasteiger partial charge on any atom is 0.255 e. The van der Waals surface area contributed by atoms with E-state index in [1.54, 1.807) is 18.2 Å². The van der Waals surface area contributed by atoms with Gasteiger partial charge in [-0.15, -0.1) is 0 Å². The fraction of sp³-hybridized carbons (Fsp3) is 0.278. The van der Waals surface area contributed by atoms with Crippen molar-refractivity contribution in [2.75, 3.05) is 11.9 Å². The highest BCUT2D eigenvalue weighted by Crippen LogP contribution is 2.25. The lowest BCUT2D eigenvalue weighted by atomic mass is 9.99. The van der Waals surface area contributed by atoms with Crippen LogP contribution in [0.4, 0.5) is 10.1 Å². The summed E-state index contributed by atoms with van der Waals surface area (Å²) in [5.41, 5.74) is 3.64. The van der Waals surface area contributed by atoms with Crippen molar-refractivity contribution in [1.82, 2.24) is 5.32 Å². The molecule has 0 fully saturated rings. The number of hydrogen-bond donors (Lipinski definition) is 2. The highest BCUT2D eigenvalue weighted by Gasteiger charge is 2.17. The Hall–Kier alpha value is -2.20. The number of benzene rings is 2. The Balaban J connectivity index is 1.81. The first kappa shape index (κ1) is 14.7. The van der Waals surface area contributed by atoms with Gasteiger partial charge >= 0.3 is 0 Å². The zero-order valence-corrected chi connectivity index (χ0v) is 12.6. The molecule has 4 heteroatoms. The molecule has 2 aromatic rings. The summed E-state index contributed by atoms with van der Waals surface area (Å²) in [6.45, 7) is 3.51. The number of rotatable bonds is 3. The molecule has 2 N–H and O–H groups in total. The van der Waals surface area contributed by atoms with E-state index in [2.05, 4.69) is 17.6 Å². The van der Waals surface area contributed by atoms with Crippen molar-refractivity contribution in [3.05, 3.63) is 64.5 Å². The normalized spacial score (nSPS) is 13.5. The lowest BCUT2D eigenvalue weighted by molar-refractivity contribution is 0.102. The maximum atomic E-state index is 14.5. The van der Waals surface area contributed by atoms with Crippen molar-refractivity contribution >= 4 is 11.6 Å². The molecule has 3 rings (SSSR count). The summed E-state index contributed by atoms with van der Waals surface area (Å²) in [6.07, 6.45) is 1.57. The minimum Gasteiger partial charge on any atom is -0.319 e. The van der Waals surface area contributed by atoms with Gasteiger partial charge in [-0.25, -0.2) is 4.39 Å². The molecule has 0 aliphatic carbocycles. The van der Waals surface area contributed by atoms with Crippen LogP contribution in [0.5, 0.6) is 0 Å². The Labute approximate surface area is 129 Å². The van der Waals surface area contributed by atoms with Gasteiger partial charge in [-0.05, 0) is 54.3 Å². The Kier molecular flexibility index (Phi) is 4.20. The fourth-order valence-electron chi connectivity index (χ4n) is 2.72. The molecule has 0 bridgehead atoms. The molecule has 0 radical (unpaired) electrons. The number of hydrogen-bond acceptors (Lipinski definition) is 2. The molecule has 1 aliphatic heterocycles. The first-order valence-corrected chi connectivity index (χ1v) is 7.60. The molecule has 0 aromatic heterocycles. The highest BCUT2D eigenvalue weighted by atomic mass is 19.1. The van der Waals surface area contributed by atoms with Crippen LogP contribution < -0.4 is 10.6 Å². The number of aryl methyl sites for hydroxylation is 1. The summed E-state index contributed by atoms with van der Waals surface area (Å²) < 4.78 is 14.5. The van der Waals surface area contributed by atoms with Crippen LogP contribution in [0.3, 0.4) is 0 Å². The Morgan fingerprint density at radius 3 is 2.73 bits per heavy atom. The van der Waals surface area contributed by atoms with E-state index in [1.165, 1.54) is 5.56 Å². The van der Waals surface area contributed by atoms with Gasteiger partial charge in [-0.1, -0.05) is 25.1 Å². The second-order valence-corrected chi connectivity index (χ2v) is 5.50. The van der Waals surface area contributed by atoms with Gasteiger partial charge in [0.05, 0.1) is 5.69 Å². The first-order valence-electron chi connectivity index (χ1n) is 7.60. The van der Waals surface area contributed by atoms with E-state index in [0.29, 0.717) is 24.1 Å². The second-order valence-electron chi connectivity index (χ2n) is 5.50. The minimum atomic E-state index is -0.308. The van der Waals surface area contributed by atoms with E-state index < -0.39 is 0 Å². The molecule has 0 saturated carbocycles. The third-order valence-corrected chi connectivity index (χ3v) is 4.08. The smallest absolute Gasteiger partial charge is 0.255 e. The van der Waals surface area contributed by atoms with Crippen LogP contribution in [0.25, 0.3) is 0 Å². The molecule has 1 heterocycles. The van der Waals surface area contributed by atoms with Gasteiger partial charge < -0.3 is 10.6 Å². The number of anilines is 1. The molecule has 3 nitrogen and oxygen atoms in total. The van der Waals surface area contributed by atoms with Gasteiger partial charge in [0.15, 0.2) is 0 Å². The van der Waals surface area contributed by atoms with Crippen LogP contribution in [0.2, 0.25) is 0 Å². The Morgan fingerprint density at radius 1 is 1.23 bits per heavy atom. The van der Waals surface area contributed by atoms with Crippen molar-refractivity contribution < 1.29 is 9.18 Å². The van der Waals surface area contributed by atoms with Crippen molar-refractivity contribution in [1.29, 1.82) is 0 Å². The number of amides is 1. The van der Waals surface area contributed by atoms with Crippen LogP contribution in [-0.2, 0) is 19.4 Å². The van der Waals surface area contributed by atoms with E-state index in [4.69, 9.17) is 0 Å². The van der Waals surface area contributed by atoms with Crippen LogP contribution in [-0.4, -0.2) is 12.5 Å². The predicted octanol–water partition coefficient (Wildman–Crippen LogP) is 3.29. The number of halogens is 1. The molecule has 2 aromatic carbocycles. The molecule has 114 valence electrons. The number of nitrogens with one attached hydrogen (secondary N) is 2. The summed E-state index contributed by atoms with van der Waals surface area (Å²) >= 11 is 0. The van der Waals surface area contributed by atoms with E-state index in [-0.39, 0.29) is 17.4 Å². The first-order chi connectivity index (χ1) is 10.7. The molecule has 0 spiro atoms. The van der Waals surface area contributed by atoms with Crippen LogP contribution in [0.15, 0.2) is 36.4 Å². The third kappa shape index (κ3) is 2.88. The molecule has 1 aliphatic rings. The molecule has 22 heavy (non-hydrogen) atoms. The van der Waals surface area contributed by atoms with Crippen molar-refractivity contribution in [2.45, 2.75) is 26.3 Å². The monoisotopic (exact) mass is 298 g/mol. The highest BCUT2D eigenvalue weighted by molar-refractivity contribution is 6.04. The van der Waals surface area contributed by atoms with E-state index in [1.807, 2.05) is 18.2 Å².